The van der Waals surface area contributed by atoms with Crippen LogP contribution >= 0.6 is 0 Å². The molecule has 103 valence electrons. The van der Waals surface area contributed by atoms with Crippen molar-refractivity contribution in [1.82, 2.24) is 0 Å². The molecular formula is C19H21O. The van der Waals surface area contributed by atoms with Crippen LogP contribution in [0.25, 0.3) is 5.57 Å². The Morgan fingerprint density at radius 3 is 1.90 bits per heavy atom. The largest absolute Gasteiger partial charge is 0.379 e. The molecule has 0 aromatic heterocycles. The highest BCUT2D eigenvalue weighted by molar-refractivity contribution is 5.79. The highest BCUT2D eigenvalue weighted by atomic mass is 16.5. The molecule has 0 atom stereocenters. The number of benzene rings is 2. The van der Waals surface area contributed by atoms with Crippen LogP contribution in [0.15, 0.2) is 66.7 Å². The molecule has 1 heteroatoms. The summed E-state index contributed by atoms with van der Waals surface area (Å²) in [6, 6.07) is 21.1. The SMILES string of the molecule is CO[CH]CCCC=C(c1ccccc1)c1ccccc1. The van der Waals surface area contributed by atoms with Crippen LogP contribution in [0.4, 0.5) is 0 Å². The van der Waals surface area contributed by atoms with Gasteiger partial charge in [-0.3, -0.25) is 0 Å². The number of allylic oxidation sites excluding steroid dienone is 1. The Kier molecular flexibility index (Phi) is 6.07. The van der Waals surface area contributed by atoms with E-state index >= 15 is 0 Å². The van der Waals surface area contributed by atoms with Crippen molar-refractivity contribution in [3.8, 4) is 0 Å². The van der Waals surface area contributed by atoms with E-state index in [9.17, 15) is 0 Å². The van der Waals surface area contributed by atoms with Crippen LogP contribution in [0.1, 0.15) is 30.4 Å². The molecule has 0 fully saturated rings. The smallest absolute Gasteiger partial charge is 0.0832 e. The topological polar surface area (TPSA) is 9.23 Å². The molecule has 1 nitrogen and oxygen atoms in total. The molecular weight excluding hydrogens is 244 g/mol. The normalized spacial score (nSPS) is 10.2. The van der Waals surface area contributed by atoms with E-state index in [1.54, 1.807) is 7.11 Å². The molecule has 0 unspecified atom stereocenters. The number of ether oxygens (including phenoxy) is 1. The molecule has 0 aliphatic heterocycles. The van der Waals surface area contributed by atoms with Crippen molar-refractivity contribution in [2.75, 3.05) is 7.11 Å². The van der Waals surface area contributed by atoms with Gasteiger partial charge in [-0.15, -0.1) is 0 Å². The summed E-state index contributed by atoms with van der Waals surface area (Å²) in [5.41, 5.74) is 3.85. The highest BCUT2D eigenvalue weighted by Gasteiger charge is 2.03. The zero-order chi connectivity index (χ0) is 14.0. The summed E-state index contributed by atoms with van der Waals surface area (Å²) in [6.45, 7) is 1.86. The second-order valence-corrected chi connectivity index (χ2v) is 4.68. The lowest BCUT2D eigenvalue weighted by Crippen LogP contribution is -1.88. The number of methoxy groups -OCH3 is 1. The van der Waals surface area contributed by atoms with E-state index < -0.39 is 0 Å². The summed E-state index contributed by atoms with van der Waals surface area (Å²) in [5.74, 6) is 0. The summed E-state index contributed by atoms with van der Waals surface area (Å²) >= 11 is 0. The fraction of sp³-hybridized carbons (Fsp3) is 0.211. The van der Waals surface area contributed by atoms with Gasteiger partial charge in [-0.1, -0.05) is 66.7 Å². The average Bonchev–Trinajstić information content (AvgIpc) is 2.53. The van der Waals surface area contributed by atoms with Crippen LogP contribution in [0.3, 0.4) is 0 Å². The fourth-order valence-corrected chi connectivity index (χ4v) is 2.20. The summed E-state index contributed by atoms with van der Waals surface area (Å²) in [7, 11) is 1.70. The van der Waals surface area contributed by atoms with Crippen molar-refractivity contribution in [3.63, 3.8) is 0 Å². The van der Waals surface area contributed by atoms with E-state index in [2.05, 4.69) is 66.7 Å². The van der Waals surface area contributed by atoms with Gasteiger partial charge < -0.3 is 4.74 Å². The van der Waals surface area contributed by atoms with Gasteiger partial charge in [-0.2, -0.15) is 0 Å². The van der Waals surface area contributed by atoms with Gasteiger partial charge in [-0.25, -0.2) is 0 Å². The van der Waals surface area contributed by atoms with Gasteiger partial charge in [0.25, 0.3) is 0 Å². The van der Waals surface area contributed by atoms with Crippen molar-refractivity contribution in [2.24, 2.45) is 0 Å². The second kappa shape index (κ2) is 8.34. The van der Waals surface area contributed by atoms with Crippen molar-refractivity contribution >= 4 is 5.57 Å². The highest BCUT2D eigenvalue weighted by Crippen LogP contribution is 2.24. The quantitative estimate of drug-likeness (QED) is 0.633. The Bertz CT molecular complexity index is 472. The first-order valence-electron chi connectivity index (χ1n) is 7.07. The summed E-state index contributed by atoms with van der Waals surface area (Å²) < 4.78 is 4.97. The molecule has 0 aliphatic rings. The monoisotopic (exact) mass is 265 g/mol. The van der Waals surface area contributed by atoms with Crippen LogP contribution in [-0.4, -0.2) is 7.11 Å². The first-order chi connectivity index (χ1) is 9.92. The molecule has 0 heterocycles. The number of rotatable bonds is 7. The maximum Gasteiger partial charge on any atom is 0.0832 e. The van der Waals surface area contributed by atoms with Gasteiger partial charge in [0.2, 0.25) is 0 Å². The van der Waals surface area contributed by atoms with Crippen LogP contribution in [0, 0.1) is 6.61 Å². The zero-order valence-electron chi connectivity index (χ0n) is 12.0. The van der Waals surface area contributed by atoms with E-state index in [0.717, 1.165) is 19.3 Å². The second-order valence-electron chi connectivity index (χ2n) is 4.68. The standard InChI is InChI=1S/C19H21O/c1-20-16-10-4-9-15-19(17-11-5-2-6-12-17)18-13-7-3-8-14-18/h2-3,5-8,11-16H,4,9-10H2,1H3. The fourth-order valence-electron chi connectivity index (χ4n) is 2.20. The molecule has 0 saturated carbocycles. The molecule has 2 rings (SSSR count). The third-order valence-electron chi connectivity index (χ3n) is 3.21. The lowest BCUT2D eigenvalue weighted by Gasteiger charge is -2.08. The van der Waals surface area contributed by atoms with Gasteiger partial charge in [0, 0.05) is 7.11 Å². The third kappa shape index (κ3) is 4.36. The predicted molar refractivity (Wildman–Crippen MR) is 85.1 cm³/mol. The number of hydrogen-bond donors (Lipinski definition) is 0. The zero-order valence-corrected chi connectivity index (χ0v) is 12.0. The lowest BCUT2D eigenvalue weighted by molar-refractivity contribution is 0.263. The van der Waals surface area contributed by atoms with E-state index in [0.29, 0.717) is 0 Å². The molecule has 0 spiro atoms. The van der Waals surface area contributed by atoms with Crippen molar-refractivity contribution in [3.05, 3.63) is 84.5 Å². The lowest BCUT2D eigenvalue weighted by atomic mass is 9.96. The van der Waals surface area contributed by atoms with Crippen LogP contribution in [-0.2, 0) is 4.74 Å². The molecule has 1 radical (unpaired) electrons. The Hall–Kier alpha value is -1.86. The first kappa shape index (κ1) is 14.5. The molecule has 2 aromatic carbocycles. The molecule has 0 N–H and O–H groups in total. The summed E-state index contributed by atoms with van der Waals surface area (Å²) in [6.07, 6.45) is 5.48. The summed E-state index contributed by atoms with van der Waals surface area (Å²) in [5, 5.41) is 0. The van der Waals surface area contributed by atoms with Gasteiger partial charge in [-0.05, 0) is 36.0 Å². The minimum atomic E-state index is 0.990. The van der Waals surface area contributed by atoms with Crippen LogP contribution in [0.5, 0.6) is 0 Å². The Balaban J connectivity index is 2.15. The van der Waals surface area contributed by atoms with Gasteiger partial charge >= 0.3 is 0 Å². The third-order valence-corrected chi connectivity index (χ3v) is 3.21. The minimum absolute atomic E-state index is 0.990. The molecule has 0 amide bonds. The number of hydrogen-bond acceptors (Lipinski definition) is 1. The van der Waals surface area contributed by atoms with Crippen molar-refractivity contribution < 1.29 is 4.74 Å². The van der Waals surface area contributed by atoms with E-state index in [1.165, 1.54) is 16.7 Å². The molecule has 0 bridgehead atoms. The van der Waals surface area contributed by atoms with Crippen molar-refractivity contribution in [2.45, 2.75) is 19.3 Å². The average molecular weight is 265 g/mol. The van der Waals surface area contributed by atoms with Crippen LogP contribution < -0.4 is 0 Å². The van der Waals surface area contributed by atoms with E-state index in [4.69, 9.17) is 4.74 Å². The maximum atomic E-state index is 4.97. The van der Waals surface area contributed by atoms with Crippen molar-refractivity contribution in [1.29, 1.82) is 0 Å². The Labute approximate surface area is 121 Å². The van der Waals surface area contributed by atoms with E-state index in [-0.39, 0.29) is 0 Å². The maximum absolute atomic E-state index is 4.97. The Morgan fingerprint density at radius 1 is 0.850 bits per heavy atom. The first-order valence-corrected chi connectivity index (χ1v) is 7.07. The predicted octanol–water partition coefficient (Wildman–Crippen LogP) is 5.10. The van der Waals surface area contributed by atoms with Gasteiger partial charge in [0.05, 0.1) is 6.61 Å². The Morgan fingerprint density at radius 2 is 1.40 bits per heavy atom. The van der Waals surface area contributed by atoms with E-state index in [1.807, 2.05) is 6.61 Å². The molecule has 0 saturated heterocycles. The summed E-state index contributed by atoms with van der Waals surface area (Å²) in [4.78, 5) is 0. The minimum Gasteiger partial charge on any atom is -0.379 e. The van der Waals surface area contributed by atoms with Crippen LogP contribution in [0.2, 0.25) is 0 Å². The molecule has 20 heavy (non-hydrogen) atoms. The number of unbranched alkanes of at least 4 members (excludes halogenated alkanes) is 2. The van der Waals surface area contributed by atoms with Gasteiger partial charge in [0.1, 0.15) is 0 Å². The molecule has 0 aliphatic carbocycles. The molecule has 2 aromatic rings. The van der Waals surface area contributed by atoms with Gasteiger partial charge in [0.15, 0.2) is 0 Å².